The number of aromatic nitrogens is 2. The Hall–Kier alpha value is -1.04. The zero-order chi connectivity index (χ0) is 11.6. The molecule has 0 aliphatic carbocycles. The van der Waals surface area contributed by atoms with Gasteiger partial charge in [-0.05, 0) is 5.92 Å². The van der Waals surface area contributed by atoms with Gasteiger partial charge < -0.3 is 5.73 Å². The van der Waals surface area contributed by atoms with Gasteiger partial charge in [-0.1, -0.05) is 13.8 Å². The third-order valence-corrected chi connectivity index (χ3v) is 1.88. The molecule has 0 aliphatic rings. The fourth-order valence-electron chi connectivity index (χ4n) is 1.32. The van der Waals surface area contributed by atoms with Crippen molar-refractivity contribution in [1.82, 2.24) is 9.78 Å². The number of hydrogen-bond acceptors (Lipinski definition) is 2. The van der Waals surface area contributed by atoms with E-state index in [0.29, 0.717) is 6.54 Å². The summed E-state index contributed by atoms with van der Waals surface area (Å²) >= 11 is 0. The molecule has 0 amide bonds. The standard InChI is InChI=1S/C9H14F3N3/c1-6(2)4-15-5-7(3-13)8(14-15)9(10,11)12/h5-6H,3-4,13H2,1-2H3. The van der Waals surface area contributed by atoms with Crippen molar-refractivity contribution in [2.45, 2.75) is 33.1 Å². The van der Waals surface area contributed by atoms with Gasteiger partial charge in [0.2, 0.25) is 0 Å². The van der Waals surface area contributed by atoms with Crippen LogP contribution in [0.1, 0.15) is 25.1 Å². The Kier molecular flexibility index (Phi) is 3.38. The predicted octanol–water partition coefficient (Wildman–Crippen LogP) is 2.02. The van der Waals surface area contributed by atoms with Gasteiger partial charge in [0.05, 0.1) is 0 Å². The minimum atomic E-state index is -4.42. The first kappa shape index (κ1) is 12.0. The highest BCUT2D eigenvalue weighted by molar-refractivity contribution is 5.19. The maximum Gasteiger partial charge on any atom is 0.435 e. The predicted molar refractivity (Wildman–Crippen MR) is 50.0 cm³/mol. The number of hydrogen-bond donors (Lipinski definition) is 1. The number of nitrogens with zero attached hydrogens (tertiary/aromatic N) is 2. The van der Waals surface area contributed by atoms with Crippen LogP contribution < -0.4 is 5.73 Å². The van der Waals surface area contributed by atoms with Crippen LogP contribution in [0.15, 0.2) is 6.20 Å². The van der Waals surface area contributed by atoms with E-state index in [1.54, 1.807) is 0 Å². The van der Waals surface area contributed by atoms with E-state index in [4.69, 9.17) is 5.73 Å². The molecule has 0 saturated heterocycles. The summed E-state index contributed by atoms with van der Waals surface area (Å²) in [4.78, 5) is 0. The van der Waals surface area contributed by atoms with E-state index in [1.165, 1.54) is 10.9 Å². The Morgan fingerprint density at radius 3 is 2.40 bits per heavy atom. The van der Waals surface area contributed by atoms with Gasteiger partial charge >= 0.3 is 6.18 Å². The molecule has 1 aromatic rings. The molecule has 0 aliphatic heterocycles. The number of alkyl halides is 3. The van der Waals surface area contributed by atoms with Gasteiger partial charge in [0.25, 0.3) is 0 Å². The summed E-state index contributed by atoms with van der Waals surface area (Å²) in [6, 6.07) is 0. The zero-order valence-corrected chi connectivity index (χ0v) is 8.67. The summed E-state index contributed by atoms with van der Waals surface area (Å²) in [5.41, 5.74) is 4.41. The van der Waals surface area contributed by atoms with Crippen LogP contribution in [0, 0.1) is 5.92 Å². The van der Waals surface area contributed by atoms with Crippen molar-refractivity contribution in [3.05, 3.63) is 17.5 Å². The van der Waals surface area contributed by atoms with Crippen LogP contribution >= 0.6 is 0 Å². The van der Waals surface area contributed by atoms with Crippen LogP contribution in [-0.4, -0.2) is 9.78 Å². The average molecular weight is 221 g/mol. The lowest BCUT2D eigenvalue weighted by Gasteiger charge is -2.05. The summed E-state index contributed by atoms with van der Waals surface area (Å²) in [5, 5.41) is 3.50. The SMILES string of the molecule is CC(C)Cn1cc(CN)c(C(F)(F)F)n1. The van der Waals surface area contributed by atoms with E-state index in [-0.39, 0.29) is 18.0 Å². The molecule has 1 heterocycles. The molecule has 0 spiro atoms. The van der Waals surface area contributed by atoms with Gasteiger partial charge in [0.1, 0.15) is 0 Å². The second kappa shape index (κ2) is 4.22. The highest BCUT2D eigenvalue weighted by Crippen LogP contribution is 2.30. The lowest BCUT2D eigenvalue weighted by Crippen LogP contribution is -2.12. The summed E-state index contributed by atoms with van der Waals surface area (Å²) < 4.78 is 38.7. The van der Waals surface area contributed by atoms with Crippen molar-refractivity contribution < 1.29 is 13.2 Å². The minimum Gasteiger partial charge on any atom is -0.326 e. The van der Waals surface area contributed by atoms with Crippen LogP contribution in [0.5, 0.6) is 0 Å². The molecule has 1 rings (SSSR count). The highest BCUT2D eigenvalue weighted by Gasteiger charge is 2.36. The maximum atomic E-state index is 12.5. The molecule has 15 heavy (non-hydrogen) atoms. The molecule has 3 nitrogen and oxygen atoms in total. The third-order valence-electron chi connectivity index (χ3n) is 1.88. The second-order valence-electron chi connectivity index (χ2n) is 3.82. The fraction of sp³-hybridized carbons (Fsp3) is 0.667. The van der Waals surface area contributed by atoms with Gasteiger partial charge in [-0.3, -0.25) is 4.68 Å². The van der Waals surface area contributed by atoms with Crippen molar-refractivity contribution in [3.63, 3.8) is 0 Å². The van der Waals surface area contributed by atoms with Gasteiger partial charge in [0.15, 0.2) is 5.69 Å². The molecule has 1 aromatic heterocycles. The molecule has 0 atom stereocenters. The molecule has 0 aromatic carbocycles. The van der Waals surface area contributed by atoms with Gasteiger partial charge in [-0.25, -0.2) is 0 Å². The normalized spacial score (nSPS) is 12.5. The first-order valence-electron chi connectivity index (χ1n) is 4.68. The number of nitrogens with two attached hydrogens (primary N) is 1. The third kappa shape index (κ3) is 2.95. The smallest absolute Gasteiger partial charge is 0.326 e. The zero-order valence-electron chi connectivity index (χ0n) is 8.67. The van der Waals surface area contributed by atoms with Gasteiger partial charge in [-0.2, -0.15) is 18.3 Å². The Morgan fingerprint density at radius 2 is 2.07 bits per heavy atom. The second-order valence-corrected chi connectivity index (χ2v) is 3.82. The topological polar surface area (TPSA) is 43.8 Å². The Morgan fingerprint density at radius 1 is 1.47 bits per heavy atom. The van der Waals surface area contributed by atoms with Crippen molar-refractivity contribution >= 4 is 0 Å². The van der Waals surface area contributed by atoms with Crippen LogP contribution in [0.2, 0.25) is 0 Å². The summed E-state index contributed by atoms with van der Waals surface area (Å²) in [5.74, 6) is 0.247. The molecular formula is C9H14F3N3. The maximum absolute atomic E-state index is 12.5. The summed E-state index contributed by atoms with van der Waals surface area (Å²) in [7, 11) is 0. The first-order chi connectivity index (χ1) is 6.84. The van der Waals surface area contributed by atoms with Crippen LogP contribution in [0.4, 0.5) is 13.2 Å². The molecule has 6 heteroatoms. The van der Waals surface area contributed by atoms with E-state index in [2.05, 4.69) is 5.10 Å². The largest absolute Gasteiger partial charge is 0.435 e. The molecule has 0 unspecified atom stereocenters. The highest BCUT2D eigenvalue weighted by atomic mass is 19.4. The number of halogens is 3. The molecule has 0 radical (unpaired) electrons. The van der Waals surface area contributed by atoms with E-state index in [9.17, 15) is 13.2 Å². The molecule has 0 bridgehead atoms. The molecule has 0 fully saturated rings. The van der Waals surface area contributed by atoms with Crippen LogP contribution in [-0.2, 0) is 19.3 Å². The van der Waals surface area contributed by atoms with Crippen LogP contribution in [0.3, 0.4) is 0 Å². The van der Waals surface area contributed by atoms with Crippen molar-refractivity contribution in [2.24, 2.45) is 11.7 Å². The van der Waals surface area contributed by atoms with Crippen LogP contribution in [0.25, 0.3) is 0 Å². The van der Waals surface area contributed by atoms with E-state index >= 15 is 0 Å². The van der Waals surface area contributed by atoms with E-state index < -0.39 is 11.9 Å². The monoisotopic (exact) mass is 221 g/mol. The van der Waals surface area contributed by atoms with E-state index in [1.807, 2.05) is 13.8 Å². The fourth-order valence-corrected chi connectivity index (χ4v) is 1.32. The lowest BCUT2D eigenvalue weighted by molar-refractivity contribution is -0.142. The summed E-state index contributed by atoms with van der Waals surface area (Å²) in [6.07, 6.45) is -3.06. The number of rotatable bonds is 3. The minimum absolute atomic E-state index is 0.0446. The Bertz CT molecular complexity index is 328. The Balaban J connectivity index is 3.01. The Labute approximate surface area is 86.1 Å². The first-order valence-corrected chi connectivity index (χ1v) is 4.68. The molecular weight excluding hydrogens is 207 g/mol. The van der Waals surface area contributed by atoms with Crippen molar-refractivity contribution in [3.8, 4) is 0 Å². The van der Waals surface area contributed by atoms with Gasteiger partial charge in [0, 0.05) is 24.8 Å². The molecule has 2 N–H and O–H groups in total. The van der Waals surface area contributed by atoms with Crippen molar-refractivity contribution in [1.29, 1.82) is 0 Å². The molecule has 86 valence electrons. The summed E-state index contributed by atoms with van der Waals surface area (Å²) in [6.45, 7) is 4.14. The molecule has 0 saturated carbocycles. The quantitative estimate of drug-likeness (QED) is 0.848. The lowest BCUT2D eigenvalue weighted by atomic mass is 10.2. The van der Waals surface area contributed by atoms with Gasteiger partial charge in [-0.15, -0.1) is 0 Å². The average Bonchev–Trinajstić information content (AvgIpc) is 2.45. The van der Waals surface area contributed by atoms with E-state index in [0.717, 1.165) is 0 Å². The van der Waals surface area contributed by atoms with Crippen molar-refractivity contribution in [2.75, 3.05) is 0 Å².